The molecule has 1 saturated carbocycles. The Hall–Kier alpha value is -4.29. The zero-order valence-electron chi connectivity index (χ0n) is 18.8. The van der Waals surface area contributed by atoms with E-state index in [1.807, 2.05) is 0 Å². The van der Waals surface area contributed by atoms with Crippen LogP contribution in [0.5, 0.6) is 11.5 Å². The highest BCUT2D eigenvalue weighted by Crippen LogP contribution is 2.51. The van der Waals surface area contributed by atoms with E-state index in [-0.39, 0.29) is 42.1 Å². The molecule has 1 aliphatic rings. The number of hydrogen-bond donors (Lipinski definition) is 1. The Morgan fingerprint density at radius 3 is 2.30 bits per heavy atom. The van der Waals surface area contributed by atoms with E-state index in [4.69, 9.17) is 4.74 Å². The molecule has 13 heteroatoms. The first-order valence-corrected chi connectivity index (χ1v) is 10.9. The number of halogens is 6. The van der Waals surface area contributed by atoms with Gasteiger partial charge in [0, 0.05) is 17.8 Å². The molecule has 2 aromatic heterocycles. The summed E-state index contributed by atoms with van der Waals surface area (Å²) >= 11 is 0. The van der Waals surface area contributed by atoms with Crippen molar-refractivity contribution in [2.75, 3.05) is 5.32 Å². The lowest BCUT2D eigenvalue weighted by Gasteiger charge is -2.21. The molecule has 0 bridgehead atoms. The van der Waals surface area contributed by atoms with Gasteiger partial charge in [0.1, 0.15) is 29.3 Å². The van der Waals surface area contributed by atoms with Gasteiger partial charge in [0.25, 0.3) is 0 Å². The van der Waals surface area contributed by atoms with Gasteiger partial charge in [-0.15, -0.1) is 0 Å². The van der Waals surface area contributed by atoms with Crippen LogP contribution in [0.25, 0.3) is 5.69 Å². The number of pyridine rings is 1. The van der Waals surface area contributed by atoms with Crippen LogP contribution >= 0.6 is 0 Å². The summed E-state index contributed by atoms with van der Waals surface area (Å²) in [4.78, 5) is 16.4. The molecule has 0 spiro atoms. The van der Waals surface area contributed by atoms with Gasteiger partial charge in [0.2, 0.25) is 5.82 Å². The summed E-state index contributed by atoms with van der Waals surface area (Å²) in [7, 11) is 0. The average Bonchev–Trinajstić information content (AvgIpc) is 3.56. The number of aromatic nitrogens is 4. The molecule has 0 amide bonds. The third-order valence-corrected chi connectivity index (χ3v) is 5.94. The quantitative estimate of drug-likeness (QED) is 0.339. The van der Waals surface area contributed by atoms with Crippen LogP contribution in [0.15, 0.2) is 65.8 Å². The molecule has 5 rings (SSSR count). The highest BCUT2D eigenvalue weighted by molar-refractivity contribution is 5.49. The fourth-order valence-corrected chi connectivity index (χ4v) is 3.68. The molecule has 0 unspecified atom stereocenters. The summed E-state index contributed by atoms with van der Waals surface area (Å²) < 4.78 is 89.8. The number of benzene rings is 2. The minimum absolute atomic E-state index is 0.123. The van der Waals surface area contributed by atoms with Crippen LogP contribution in [0.2, 0.25) is 0 Å². The molecule has 1 aliphatic carbocycles. The monoisotopic (exact) mass is 521 g/mol. The van der Waals surface area contributed by atoms with Crippen molar-refractivity contribution in [1.29, 1.82) is 0 Å². The Balaban J connectivity index is 1.32. The summed E-state index contributed by atoms with van der Waals surface area (Å²) in [6.07, 6.45) is -2.68. The molecule has 7 nitrogen and oxygen atoms in total. The van der Waals surface area contributed by atoms with Gasteiger partial charge in [-0.05, 0) is 49.2 Å². The van der Waals surface area contributed by atoms with Gasteiger partial charge in [0.05, 0.1) is 12.2 Å². The average molecular weight is 521 g/mol. The van der Waals surface area contributed by atoms with Crippen molar-refractivity contribution in [3.8, 4) is 17.2 Å². The lowest BCUT2D eigenvalue weighted by Crippen LogP contribution is -2.39. The van der Waals surface area contributed by atoms with Crippen molar-refractivity contribution in [2.45, 2.75) is 31.1 Å². The van der Waals surface area contributed by atoms with E-state index in [0.29, 0.717) is 0 Å². The van der Waals surface area contributed by atoms with E-state index in [1.165, 1.54) is 30.3 Å². The minimum Gasteiger partial charge on any atom is -0.454 e. The van der Waals surface area contributed by atoms with Gasteiger partial charge in [-0.25, -0.2) is 18.6 Å². The van der Waals surface area contributed by atoms with Gasteiger partial charge in [-0.2, -0.15) is 27.3 Å². The maximum absolute atomic E-state index is 14.8. The van der Waals surface area contributed by atoms with Crippen LogP contribution < -0.4 is 15.7 Å². The van der Waals surface area contributed by atoms with Crippen molar-refractivity contribution in [3.63, 3.8) is 0 Å². The first-order valence-electron chi connectivity index (χ1n) is 10.9. The molecule has 1 N–H and O–H groups in total. The largest absolute Gasteiger partial charge is 0.454 e. The minimum atomic E-state index is -4.55. The van der Waals surface area contributed by atoms with Gasteiger partial charge >= 0.3 is 11.9 Å². The third kappa shape index (κ3) is 4.63. The molecular formula is C24H17F6N5O2. The first kappa shape index (κ1) is 24.4. The molecule has 2 aromatic carbocycles. The lowest BCUT2D eigenvalue weighted by molar-refractivity contribution is -0.151. The van der Waals surface area contributed by atoms with Crippen LogP contribution in [0.1, 0.15) is 18.4 Å². The number of anilines is 1. The molecule has 2 heterocycles. The van der Waals surface area contributed by atoms with Crippen LogP contribution in [-0.2, 0) is 6.54 Å². The van der Waals surface area contributed by atoms with Crippen molar-refractivity contribution in [3.05, 3.63) is 94.6 Å². The SMILES string of the molecule is O=c1n(Cc2c(F)cccc2F)cnn1-c1ccc(Oc2ccnc(NC3(C(F)(F)F)CC3)c2F)cc1. The van der Waals surface area contributed by atoms with Crippen molar-refractivity contribution < 1.29 is 31.1 Å². The van der Waals surface area contributed by atoms with Gasteiger partial charge in [-0.3, -0.25) is 4.57 Å². The van der Waals surface area contributed by atoms with E-state index >= 15 is 0 Å². The molecule has 192 valence electrons. The molecule has 1 fully saturated rings. The summed E-state index contributed by atoms with van der Waals surface area (Å²) in [5.41, 5.74) is -2.87. The van der Waals surface area contributed by atoms with Crippen molar-refractivity contribution in [2.24, 2.45) is 0 Å². The summed E-state index contributed by atoms with van der Waals surface area (Å²) in [6.45, 7) is -0.369. The van der Waals surface area contributed by atoms with E-state index in [9.17, 15) is 31.1 Å². The van der Waals surface area contributed by atoms with Gasteiger partial charge < -0.3 is 10.1 Å². The summed E-state index contributed by atoms with van der Waals surface area (Å²) in [5, 5.41) is 6.09. The number of alkyl halides is 3. The number of hydrogen-bond acceptors (Lipinski definition) is 5. The fourth-order valence-electron chi connectivity index (χ4n) is 3.68. The number of ether oxygens (including phenoxy) is 1. The molecule has 4 aromatic rings. The second-order valence-corrected chi connectivity index (χ2v) is 8.43. The van der Waals surface area contributed by atoms with Crippen LogP contribution in [0, 0.1) is 17.5 Å². The number of nitrogens with zero attached hydrogens (tertiary/aromatic N) is 4. The fraction of sp³-hybridized carbons (Fsp3) is 0.208. The Morgan fingerprint density at radius 2 is 1.68 bits per heavy atom. The second kappa shape index (κ2) is 8.98. The third-order valence-electron chi connectivity index (χ3n) is 5.94. The Kier molecular flexibility index (Phi) is 5.92. The van der Waals surface area contributed by atoms with Gasteiger partial charge in [0.15, 0.2) is 11.6 Å². The predicted molar refractivity (Wildman–Crippen MR) is 119 cm³/mol. The molecule has 0 saturated heterocycles. The highest BCUT2D eigenvalue weighted by atomic mass is 19.4. The first-order chi connectivity index (χ1) is 17.6. The zero-order valence-corrected chi connectivity index (χ0v) is 18.8. The van der Waals surface area contributed by atoms with Crippen LogP contribution in [0.4, 0.5) is 32.2 Å². The number of nitrogens with one attached hydrogen (secondary N) is 1. The van der Waals surface area contributed by atoms with Crippen molar-refractivity contribution >= 4 is 5.82 Å². The lowest BCUT2D eigenvalue weighted by atomic mass is 10.2. The maximum Gasteiger partial charge on any atom is 0.411 e. The molecule has 0 radical (unpaired) electrons. The predicted octanol–water partition coefficient (Wildman–Crippen LogP) is 5.19. The van der Waals surface area contributed by atoms with Crippen LogP contribution in [0.3, 0.4) is 0 Å². The maximum atomic E-state index is 14.8. The Bertz CT molecular complexity index is 1490. The van der Waals surface area contributed by atoms with Gasteiger partial charge in [-0.1, -0.05) is 6.07 Å². The molecule has 0 aliphatic heterocycles. The highest BCUT2D eigenvalue weighted by Gasteiger charge is 2.64. The number of rotatable bonds is 7. The standard InChI is InChI=1S/C24H17F6N5O2/c25-17-2-1-3-18(26)16(17)12-34-13-32-35(22(34)36)14-4-6-15(7-5-14)37-19-8-11-31-21(20(19)27)33-23(9-10-23)24(28,29)30/h1-8,11,13H,9-10,12H2,(H,31,33). The zero-order chi connectivity index (χ0) is 26.4. The Morgan fingerprint density at radius 1 is 1.00 bits per heavy atom. The van der Waals surface area contributed by atoms with E-state index < -0.39 is 40.7 Å². The Labute approximate surface area is 204 Å². The van der Waals surface area contributed by atoms with E-state index in [1.54, 1.807) is 0 Å². The van der Waals surface area contributed by atoms with E-state index in [0.717, 1.165) is 40.0 Å². The molecule has 0 atom stereocenters. The van der Waals surface area contributed by atoms with Crippen molar-refractivity contribution in [1.82, 2.24) is 19.3 Å². The van der Waals surface area contributed by atoms with Crippen LogP contribution in [-0.4, -0.2) is 31.0 Å². The second-order valence-electron chi connectivity index (χ2n) is 8.43. The smallest absolute Gasteiger partial charge is 0.411 e. The topological polar surface area (TPSA) is 74.0 Å². The molecular weight excluding hydrogens is 504 g/mol. The summed E-state index contributed by atoms with van der Waals surface area (Å²) in [6, 6.07) is 10.2. The summed E-state index contributed by atoms with van der Waals surface area (Å²) in [5.74, 6) is -3.49. The molecule has 37 heavy (non-hydrogen) atoms. The van der Waals surface area contributed by atoms with E-state index in [2.05, 4.69) is 15.4 Å². The normalized spacial score (nSPS) is 14.4.